The average molecular weight is 491 g/mol. The molecule has 0 amide bonds. The van der Waals surface area contributed by atoms with Crippen LogP contribution in [0.3, 0.4) is 0 Å². The first-order valence-corrected chi connectivity index (χ1v) is 13.0. The predicted octanol–water partition coefficient (Wildman–Crippen LogP) is 8.91. The van der Waals surface area contributed by atoms with E-state index in [2.05, 4.69) is 6.92 Å². The zero-order chi connectivity index (χ0) is 25.1. The van der Waals surface area contributed by atoms with Crippen LogP contribution in [0.15, 0.2) is 24.3 Å². The first-order chi connectivity index (χ1) is 16.9. The van der Waals surface area contributed by atoms with E-state index in [4.69, 9.17) is 4.74 Å². The van der Waals surface area contributed by atoms with Crippen LogP contribution >= 0.6 is 0 Å². The summed E-state index contributed by atoms with van der Waals surface area (Å²) in [5.74, 6) is -2.52. The Labute approximate surface area is 205 Å². The van der Waals surface area contributed by atoms with E-state index in [0.717, 1.165) is 12.8 Å². The van der Waals surface area contributed by atoms with Gasteiger partial charge in [0, 0.05) is 11.1 Å². The van der Waals surface area contributed by atoms with E-state index in [0.29, 0.717) is 37.2 Å². The second kappa shape index (κ2) is 11.1. The van der Waals surface area contributed by atoms with E-state index < -0.39 is 41.3 Å². The molecule has 6 heteroatoms. The van der Waals surface area contributed by atoms with Crippen molar-refractivity contribution < 1.29 is 27.1 Å². The molecule has 1 unspecified atom stereocenters. The van der Waals surface area contributed by atoms with Crippen molar-refractivity contribution in [2.45, 2.75) is 90.4 Å². The fourth-order valence-corrected chi connectivity index (χ4v) is 5.62. The molecule has 1 fully saturated rings. The Kier molecular flexibility index (Phi) is 8.18. The Morgan fingerprint density at radius 3 is 2.11 bits per heavy atom. The smallest absolute Gasteiger partial charge is 0.314 e. The summed E-state index contributed by atoms with van der Waals surface area (Å²) in [5.41, 5.74) is -0.339. The molecular formula is C29H34F4O2. The quantitative estimate of drug-likeness (QED) is 0.160. The summed E-state index contributed by atoms with van der Waals surface area (Å²) in [4.78, 5) is 12.7. The lowest BCUT2D eigenvalue weighted by atomic mass is 9.79. The molecule has 0 saturated heterocycles. The monoisotopic (exact) mass is 490 g/mol. The Hall–Kier alpha value is -2.37. The molecule has 4 rings (SSSR count). The molecule has 0 N–H and O–H groups in total. The summed E-state index contributed by atoms with van der Waals surface area (Å²) in [5, 5.41) is 0. The average Bonchev–Trinajstić information content (AvgIpc) is 2.85. The SMILES string of the molecule is CCCCCC1CCC(C(=O)Oc2ccc3c(c2F)[C@@H](F)C(F)c2c-3ccc(CCC)c2F)CC1. The summed E-state index contributed by atoms with van der Waals surface area (Å²) in [6, 6.07) is 5.71. The molecule has 2 nitrogen and oxygen atoms in total. The molecule has 0 radical (unpaired) electrons. The van der Waals surface area contributed by atoms with Crippen LogP contribution in [0.4, 0.5) is 17.6 Å². The highest BCUT2D eigenvalue weighted by molar-refractivity contribution is 5.79. The van der Waals surface area contributed by atoms with Crippen LogP contribution in [-0.4, -0.2) is 5.97 Å². The van der Waals surface area contributed by atoms with Crippen molar-refractivity contribution in [2.24, 2.45) is 11.8 Å². The number of halogens is 4. The maximum Gasteiger partial charge on any atom is 0.314 e. The van der Waals surface area contributed by atoms with E-state index in [1.807, 2.05) is 6.92 Å². The second-order valence-corrected chi connectivity index (χ2v) is 10.0. The van der Waals surface area contributed by atoms with Crippen molar-refractivity contribution in [1.29, 1.82) is 0 Å². The van der Waals surface area contributed by atoms with Gasteiger partial charge in [-0.3, -0.25) is 4.79 Å². The van der Waals surface area contributed by atoms with Crippen LogP contribution in [0.25, 0.3) is 11.1 Å². The zero-order valence-corrected chi connectivity index (χ0v) is 20.5. The Morgan fingerprint density at radius 1 is 0.857 bits per heavy atom. The summed E-state index contributed by atoms with van der Waals surface area (Å²) in [6.45, 7) is 4.04. The van der Waals surface area contributed by atoms with Crippen LogP contribution in [-0.2, 0) is 11.2 Å². The van der Waals surface area contributed by atoms with Crippen molar-refractivity contribution in [3.8, 4) is 16.9 Å². The second-order valence-electron chi connectivity index (χ2n) is 10.0. The lowest BCUT2D eigenvalue weighted by Gasteiger charge is -2.29. The highest BCUT2D eigenvalue weighted by Crippen LogP contribution is 2.51. The molecule has 35 heavy (non-hydrogen) atoms. The normalized spacial score (nSPS) is 23.5. The standard InChI is InChI=1S/C29H34F4O2/c1-3-5-6-8-17-9-11-19(12-10-17)29(34)35-22-16-15-21-20-14-13-18(7-4-2)25(30)23(20)27(32)28(33)24(21)26(22)31/h13-17,19,27-28H,3-12H2,1-2H3/t17?,19?,27?,28-/m1/s1. The number of benzene rings is 2. The summed E-state index contributed by atoms with van der Waals surface area (Å²) < 4.78 is 65.9. The Balaban J connectivity index is 1.52. The molecule has 0 spiro atoms. The predicted molar refractivity (Wildman–Crippen MR) is 129 cm³/mol. The lowest BCUT2D eigenvalue weighted by Crippen LogP contribution is -2.26. The number of alkyl halides is 2. The number of rotatable bonds is 8. The molecule has 0 aliphatic heterocycles. The molecule has 2 atom stereocenters. The summed E-state index contributed by atoms with van der Waals surface area (Å²) >= 11 is 0. The van der Waals surface area contributed by atoms with Gasteiger partial charge in [-0.1, -0.05) is 64.2 Å². The molecular weight excluding hydrogens is 456 g/mol. The first kappa shape index (κ1) is 25.7. The number of aryl methyl sites for hydroxylation is 1. The fourth-order valence-electron chi connectivity index (χ4n) is 5.62. The van der Waals surface area contributed by atoms with Crippen molar-refractivity contribution >= 4 is 5.97 Å². The summed E-state index contributed by atoms with van der Waals surface area (Å²) in [6.07, 6.45) is 4.35. The van der Waals surface area contributed by atoms with Gasteiger partial charge >= 0.3 is 5.97 Å². The maximum absolute atomic E-state index is 15.4. The van der Waals surface area contributed by atoms with Crippen LogP contribution in [0, 0.1) is 23.5 Å². The van der Waals surface area contributed by atoms with Gasteiger partial charge in [0.15, 0.2) is 23.9 Å². The zero-order valence-electron chi connectivity index (χ0n) is 20.5. The van der Waals surface area contributed by atoms with E-state index in [9.17, 15) is 9.18 Å². The number of carbonyl (C=O) groups is 1. The number of esters is 1. The van der Waals surface area contributed by atoms with Crippen molar-refractivity contribution in [3.05, 3.63) is 52.6 Å². The molecule has 0 bridgehead atoms. The molecule has 1 saturated carbocycles. The van der Waals surface area contributed by atoms with Crippen LogP contribution in [0.2, 0.25) is 0 Å². The lowest BCUT2D eigenvalue weighted by molar-refractivity contribution is -0.140. The number of hydrogen-bond donors (Lipinski definition) is 0. The van der Waals surface area contributed by atoms with Crippen molar-refractivity contribution in [1.82, 2.24) is 0 Å². The third-order valence-electron chi connectivity index (χ3n) is 7.63. The molecule has 2 aromatic rings. The molecule has 0 heterocycles. The van der Waals surface area contributed by atoms with Crippen LogP contribution in [0.5, 0.6) is 5.75 Å². The fraction of sp³-hybridized carbons (Fsp3) is 0.552. The van der Waals surface area contributed by atoms with Gasteiger partial charge in [0.05, 0.1) is 5.92 Å². The number of unbranched alkanes of at least 4 members (excludes halogenated alkanes) is 2. The minimum atomic E-state index is -2.39. The van der Waals surface area contributed by atoms with Gasteiger partial charge in [-0.2, -0.15) is 0 Å². The molecule has 2 aliphatic carbocycles. The van der Waals surface area contributed by atoms with E-state index in [-0.39, 0.29) is 22.6 Å². The minimum absolute atomic E-state index is 0.0910. The van der Waals surface area contributed by atoms with Crippen molar-refractivity contribution in [3.63, 3.8) is 0 Å². The maximum atomic E-state index is 15.4. The summed E-state index contributed by atoms with van der Waals surface area (Å²) in [7, 11) is 0. The van der Waals surface area contributed by atoms with Gasteiger partial charge in [0.1, 0.15) is 5.82 Å². The number of hydrogen-bond acceptors (Lipinski definition) is 2. The van der Waals surface area contributed by atoms with Gasteiger partial charge in [0.2, 0.25) is 0 Å². The number of fused-ring (bicyclic) bond motifs is 3. The van der Waals surface area contributed by atoms with Gasteiger partial charge in [-0.15, -0.1) is 0 Å². The molecule has 2 aliphatic rings. The highest BCUT2D eigenvalue weighted by Gasteiger charge is 2.40. The molecule has 190 valence electrons. The molecule has 2 aromatic carbocycles. The first-order valence-electron chi connectivity index (χ1n) is 13.0. The van der Waals surface area contributed by atoms with Gasteiger partial charge < -0.3 is 4.74 Å². The van der Waals surface area contributed by atoms with Crippen LogP contribution in [0.1, 0.15) is 101 Å². The van der Waals surface area contributed by atoms with Crippen LogP contribution < -0.4 is 4.74 Å². The largest absolute Gasteiger partial charge is 0.423 e. The van der Waals surface area contributed by atoms with E-state index in [1.165, 1.54) is 49.9 Å². The van der Waals surface area contributed by atoms with Crippen molar-refractivity contribution in [2.75, 3.05) is 0 Å². The third kappa shape index (κ3) is 5.12. The number of carbonyl (C=O) groups excluding carboxylic acids is 1. The Bertz CT molecular complexity index is 1060. The molecule has 0 aromatic heterocycles. The minimum Gasteiger partial charge on any atom is -0.423 e. The van der Waals surface area contributed by atoms with Gasteiger partial charge in [-0.05, 0) is 60.8 Å². The third-order valence-corrected chi connectivity index (χ3v) is 7.63. The van der Waals surface area contributed by atoms with E-state index in [1.54, 1.807) is 0 Å². The number of ether oxygens (including phenoxy) is 1. The van der Waals surface area contributed by atoms with Gasteiger partial charge in [-0.25, -0.2) is 17.6 Å². The van der Waals surface area contributed by atoms with E-state index >= 15 is 13.2 Å². The van der Waals surface area contributed by atoms with Gasteiger partial charge in [0.25, 0.3) is 0 Å². The topological polar surface area (TPSA) is 26.3 Å². The Morgan fingerprint density at radius 2 is 1.49 bits per heavy atom. The highest BCUT2D eigenvalue weighted by atomic mass is 19.2.